The number of ether oxygens (including phenoxy) is 1. The van der Waals surface area contributed by atoms with Crippen molar-refractivity contribution >= 4 is 5.97 Å². The molecule has 0 amide bonds. The van der Waals surface area contributed by atoms with Crippen LogP contribution in [0.2, 0.25) is 0 Å². The lowest BCUT2D eigenvalue weighted by atomic mass is 10.2. The highest BCUT2D eigenvalue weighted by Gasteiger charge is 1.96. The smallest absolute Gasteiger partial charge is 0.335 e. The first-order valence-electron chi connectivity index (χ1n) is 5.62. The lowest BCUT2D eigenvalue weighted by molar-refractivity contribution is 0.0697. The Bertz CT molecular complexity index is 564. The normalized spacial score (nSPS) is 9.32. The number of carboxylic acids is 1. The molecule has 0 aliphatic carbocycles. The van der Waals surface area contributed by atoms with Gasteiger partial charge in [0.1, 0.15) is 12.2 Å². The molecule has 2 aromatic rings. The lowest BCUT2D eigenvalue weighted by Crippen LogP contribution is -2.18. The summed E-state index contributed by atoms with van der Waals surface area (Å²) in [7, 11) is 1.61. The first-order valence-corrected chi connectivity index (χ1v) is 5.62. The number of rotatable bonds is 3. The summed E-state index contributed by atoms with van der Waals surface area (Å²) in [6.45, 7) is 0.444. The van der Waals surface area contributed by atoms with Crippen molar-refractivity contribution in [1.82, 2.24) is 4.57 Å². The van der Waals surface area contributed by atoms with Gasteiger partial charge in [0, 0.05) is 13.3 Å². The fraction of sp³-hybridized carbons (Fsp3) is 0.143. The second kappa shape index (κ2) is 7.84. The number of aromatic nitrogens is 1. The van der Waals surface area contributed by atoms with Gasteiger partial charge in [0.25, 0.3) is 0 Å². The van der Waals surface area contributed by atoms with Crippen molar-refractivity contribution < 1.29 is 14.6 Å². The Hall–Kier alpha value is -2.40. The SMILES string of the molecule is COCn1ccccc1=N.O=C(O)c1ccccc1. The van der Waals surface area contributed by atoms with E-state index in [0.717, 1.165) is 0 Å². The number of carbonyl (C=O) groups is 1. The summed E-state index contributed by atoms with van der Waals surface area (Å²) < 4.78 is 6.56. The summed E-state index contributed by atoms with van der Waals surface area (Å²) in [5.41, 5.74) is 0.793. The van der Waals surface area contributed by atoms with Crippen LogP contribution in [0.1, 0.15) is 10.4 Å². The second-order valence-electron chi connectivity index (χ2n) is 3.64. The third-order valence-electron chi connectivity index (χ3n) is 2.23. The van der Waals surface area contributed by atoms with Crippen LogP contribution in [0.3, 0.4) is 0 Å². The minimum absolute atomic E-state index is 0.331. The molecular formula is C14H16N2O3. The molecule has 0 aliphatic heterocycles. The molecule has 0 saturated carbocycles. The zero-order chi connectivity index (χ0) is 14.1. The topological polar surface area (TPSA) is 75.3 Å². The van der Waals surface area contributed by atoms with Gasteiger partial charge in [-0.25, -0.2) is 4.79 Å². The number of benzene rings is 1. The first-order chi connectivity index (χ1) is 9.15. The van der Waals surface area contributed by atoms with E-state index in [1.165, 1.54) is 0 Å². The summed E-state index contributed by atoms with van der Waals surface area (Å²) in [6, 6.07) is 13.7. The Kier molecular flexibility index (Phi) is 6.05. The van der Waals surface area contributed by atoms with Crippen LogP contribution in [0.5, 0.6) is 0 Å². The van der Waals surface area contributed by atoms with Crippen molar-refractivity contribution in [3.63, 3.8) is 0 Å². The second-order valence-corrected chi connectivity index (χ2v) is 3.64. The minimum atomic E-state index is -0.879. The van der Waals surface area contributed by atoms with Crippen LogP contribution >= 0.6 is 0 Å². The number of hydrogen-bond donors (Lipinski definition) is 2. The Labute approximate surface area is 111 Å². The van der Waals surface area contributed by atoms with Crippen LogP contribution in [0, 0.1) is 5.41 Å². The van der Waals surface area contributed by atoms with E-state index in [-0.39, 0.29) is 0 Å². The van der Waals surface area contributed by atoms with Gasteiger partial charge in [-0.05, 0) is 24.3 Å². The van der Waals surface area contributed by atoms with Gasteiger partial charge in [0.05, 0.1) is 5.56 Å². The van der Waals surface area contributed by atoms with Crippen molar-refractivity contribution in [2.75, 3.05) is 7.11 Å². The molecule has 5 nitrogen and oxygen atoms in total. The monoisotopic (exact) mass is 260 g/mol. The highest BCUT2D eigenvalue weighted by atomic mass is 16.5. The Morgan fingerprint density at radius 2 is 1.84 bits per heavy atom. The molecule has 5 heteroatoms. The molecule has 0 spiro atoms. The molecule has 0 fully saturated rings. The maximum Gasteiger partial charge on any atom is 0.335 e. The standard InChI is InChI=1S/C7H10N2O.C7H6O2/c1-10-6-9-5-3-2-4-7(9)8;8-7(9)6-4-2-1-3-5-6/h2-5,8H,6H2,1H3;1-5H,(H,8,9). The number of hydrogen-bond acceptors (Lipinski definition) is 3. The summed E-state index contributed by atoms with van der Waals surface area (Å²) >= 11 is 0. The molecule has 100 valence electrons. The van der Waals surface area contributed by atoms with Crippen LogP contribution in [0.25, 0.3) is 0 Å². The quantitative estimate of drug-likeness (QED) is 0.885. The van der Waals surface area contributed by atoms with Gasteiger partial charge in [-0.2, -0.15) is 0 Å². The third kappa shape index (κ3) is 5.18. The Balaban J connectivity index is 0.000000191. The van der Waals surface area contributed by atoms with Gasteiger partial charge >= 0.3 is 5.97 Å². The molecule has 1 aromatic carbocycles. The summed E-state index contributed by atoms with van der Waals surface area (Å²) in [5.74, 6) is -0.879. The van der Waals surface area contributed by atoms with E-state index in [1.54, 1.807) is 48.1 Å². The van der Waals surface area contributed by atoms with Crippen LogP contribution in [0.4, 0.5) is 0 Å². The molecule has 0 aliphatic rings. The highest BCUT2D eigenvalue weighted by Crippen LogP contribution is 1.96. The van der Waals surface area contributed by atoms with Gasteiger partial charge in [0.2, 0.25) is 0 Å². The van der Waals surface area contributed by atoms with Crippen LogP contribution in [0.15, 0.2) is 54.7 Å². The molecule has 0 atom stereocenters. The zero-order valence-electron chi connectivity index (χ0n) is 10.6. The van der Waals surface area contributed by atoms with Gasteiger partial charge < -0.3 is 14.4 Å². The van der Waals surface area contributed by atoms with Gasteiger partial charge in [0.15, 0.2) is 0 Å². The van der Waals surface area contributed by atoms with Crippen LogP contribution in [-0.2, 0) is 11.5 Å². The van der Waals surface area contributed by atoms with Gasteiger partial charge in [-0.15, -0.1) is 0 Å². The maximum absolute atomic E-state index is 10.2. The fourth-order valence-corrected chi connectivity index (χ4v) is 1.31. The van der Waals surface area contributed by atoms with Gasteiger partial charge in [-0.1, -0.05) is 24.3 Å². The molecule has 1 aromatic heterocycles. The van der Waals surface area contributed by atoms with Crippen LogP contribution in [-0.4, -0.2) is 22.8 Å². The molecule has 0 saturated heterocycles. The third-order valence-corrected chi connectivity index (χ3v) is 2.23. The Morgan fingerprint density at radius 1 is 1.21 bits per heavy atom. The first kappa shape index (κ1) is 14.7. The van der Waals surface area contributed by atoms with E-state index in [2.05, 4.69) is 0 Å². The fourth-order valence-electron chi connectivity index (χ4n) is 1.31. The van der Waals surface area contributed by atoms with Crippen molar-refractivity contribution in [1.29, 1.82) is 5.41 Å². The number of pyridine rings is 1. The van der Waals surface area contributed by atoms with E-state index in [9.17, 15) is 4.79 Å². The molecule has 19 heavy (non-hydrogen) atoms. The van der Waals surface area contributed by atoms with E-state index in [0.29, 0.717) is 17.8 Å². The minimum Gasteiger partial charge on any atom is -0.478 e. The van der Waals surface area contributed by atoms with Crippen molar-refractivity contribution in [2.24, 2.45) is 0 Å². The predicted octanol–water partition coefficient (Wildman–Crippen LogP) is 1.96. The van der Waals surface area contributed by atoms with Crippen LogP contribution < -0.4 is 5.49 Å². The summed E-state index contributed by atoms with van der Waals surface area (Å²) in [4.78, 5) is 10.2. The summed E-state index contributed by atoms with van der Waals surface area (Å²) in [6.07, 6.45) is 1.81. The highest BCUT2D eigenvalue weighted by molar-refractivity contribution is 5.87. The largest absolute Gasteiger partial charge is 0.478 e. The van der Waals surface area contributed by atoms with E-state index in [1.807, 2.05) is 18.3 Å². The molecule has 2 N–H and O–H groups in total. The predicted molar refractivity (Wildman–Crippen MR) is 70.7 cm³/mol. The summed E-state index contributed by atoms with van der Waals surface area (Å²) in [5, 5.41) is 15.7. The van der Waals surface area contributed by atoms with E-state index >= 15 is 0 Å². The van der Waals surface area contributed by atoms with Gasteiger partial charge in [-0.3, -0.25) is 5.41 Å². The lowest BCUT2D eigenvalue weighted by Gasteiger charge is -2.02. The number of aromatic carboxylic acids is 1. The molecule has 0 radical (unpaired) electrons. The number of nitrogens with zero attached hydrogens (tertiary/aromatic N) is 1. The number of methoxy groups -OCH3 is 1. The molecule has 0 unspecified atom stereocenters. The zero-order valence-corrected chi connectivity index (χ0v) is 10.6. The molecular weight excluding hydrogens is 244 g/mol. The van der Waals surface area contributed by atoms with E-state index < -0.39 is 5.97 Å². The molecule has 1 heterocycles. The average Bonchev–Trinajstić information content (AvgIpc) is 2.43. The Morgan fingerprint density at radius 3 is 2.32 bits per heavy atom. The average molecular weight is 260 g/mol. The molecule has 2 rings (SSSR count). The number of nitrogens with one attached hydrogen (secondary N) is 1. The van der Waals surface area contributed by atoms with Crippen molar-refractivity contribution in [3.8, 4) is 0 Å². The van der Waals surface area contributed by atoms with E-state index in [4.69, 9.17) is 15.3 Å². The maximum atomic E-state index is 10.2. The number of carboxylic acid groups (broad SMARTS) is 1. The molecule has 0 bridgehead atoms. The van der Waals surface area contributed by atoms with Crippen molar-refractivity contribution in [3.05, 3.63) is 65.8 Å². The van der Waals surface area contributed by atoms with Crippen molar-refractivity contribution in [2.45, 2.75) is 6.73 Å².